The Balaban J connectivity index is 1.39. The zero-order chi connectivity index (χ0) is 25.1. The molecule has 8 heteroatoms. The second-order valence-electron chi connectivity index (χ2n) is 9.69. The summed E-state index contributed by atoms with van der Waals surface area (Å²) in [5.74, 6) is -0.244. The van der Waals surface area contributed by atoms with E-state index in [9.17, 15) is 9.59 Å². The molecule has 1 unspecified atom stereocenters. The van der Waals surface area contributed by atoms with Crippen LogP contribution in [0.25, 0.3) is 0 Å². The molecular weight excluding hydrogens is 456 g/mol. The molecule has 0 aliphatic carbocycles. The lowest BCUT2D eigenvalue weighted by molar-refractivity contribution is -0.115. The van der Waals surface area contributed by atoms with Crippen molar-refractivity contribution in [2.45, 2.75) is 32.4 Å². The van der Waals surface area contributed by atoms with Crippen LogP contribution in [0.5, 0.6) is 0 Å². The Bertz CT molecular complexity index is 1230. The summed E-state index contributed by atoms with van der Waals surface area (Å²) in [7, 11) is 1.67. The molecule has 188 valence electrons. The van der Waals surface area contributed by atoms with E-state index in [0.717, 1.165) is 24.0 Å². The van der Waals surface area contributed by atoms with E-state index in [0.29, 0.717) is 49.7 Å². The summed E-state index contributed by atoms with van der Waals surface area (Å²) >= 11 is 0. The number of amides is 2. The van der Waals surface area contributed by atoms with Crippen molar-refractivity contribution in [3.05, 3.63) is 83.2 Å². The highest BCUT2D eigenvalue weighted by molar-refractivity contribution is 6.05. The monoisotopic (exact) mass is 488 g/mol. The van der Waals surface area contributed by atoms with Crippen molar-refractivity contribution < 1.29 is 19.1 Å². The quantitative estimate of drug-likeness (QED) is 0.542. The van der Waals surface area contributed by atoms with Crippen molar-refractivity contribution in [2.24, 2.45) is 5.41 Å². The molecule has 5 rings (SSSR count). The maximum Gasteiger partial charge on any atom is 0.255 e. The highest BCUT2D eigenvalue weighted by atomic mass is 16.5. The van der Waals surface area contributed by atoms with Crippen LogP contribution in [0.2, 0.25) is 0 Å². The van der Waals surface area contributed by atoms with Gasteiger partial charge in [0.05, 0.1) is 25.4 Å². The number of nitrogens with zero attached hydrogens (tertiary/aromatic N) is 3. The van der Waals surface area contributed by atoms with Gasteiger partial charge in [0.2, 0.25) is 0 Å². The van der Waals surface area contributed by atoms with Crippen molar-refractivity contribution in [1.29, 1.82) is 0 Å². The van der Waals surface area contributed by atoms with Gasteiger partial charge < -0.3 is 19.7 Å². The Hall–Kier alpha value is -3.49. The topological polar surface area (TPSA) is 85.7 Å². The second kappa shape index (κ2) is 10.2. The van der Waals surface area contributed by atoms with Gasteiger partial charge in [0, 0.05) is 60.9 Å². The number of anilines is 1. The molecule has 1 spiro atoms. The number of aromatic nitrogens is 2. The SMILES string of the molecule is COCCn1cc(C2N(C(=O)c3ccc(C)c(NC(=O)c4ccccc4)c3)CC23CCOCC3)cn1. The molecule has 36 heavy (non-hydrogen) atoms. The summed E-state index contributed by atoms with van der Waals surface area (Å²) < 4.78 is 12.7. The molecular formula is C28H32N4O4. The number of carbonyl (C=O) groups excluding carboxylic acids is 2. The molecule has 1 N–H and O–H groups in total. The lowest BCUT2D eigenvalue weighted by atomic mass is 9.64. The van der Waals surface area contributed by atoms with Gasteiger partial charge in [-0.1, -0.05) is 24.3 Å². The maximum absolute atomic E-state index is 13.8. The van der Waals surface area contributed by atoms with Crippen LogP contribution in [0.1, 0.15) is 50.7 Å². The predicted molar refractivity (Wildman–Crippen MR) is 136 cm³/mol. The summed E-state index contributed by atoms with van der Waals surface area (Å²) in [4.78, 5) is 28.4. The summed E-state index contributed by atoms with van der Waals surface area (Å²) in [6.07, 6.45) is 5.73. The highest BCUT2D eigenvalue weighted by Gasteiger charge is 2.55. The number of rotatable bonds is 7. The number of hydrogen-bond acceptors (Lipinski definition) is 5. The molecule has 0 saturated carbocycles. The second-order valence-corrected chi connectivity index (χ2v) is 9.69. The van der Waals surface area contributed by atoms with Gasteiger partial charge in [-0.3, -0.25) is 14.3 Å². The molecule has 2 fully saturated rings. The Morgan fingerprint density at radius 1 is 1.14 bits per heavy atom. The van der Waals surface area contributed by atoms with Gasteiger partial charge in [-0.25, -0.2) is 0 Å². The molecule has 2 amide bonds. The lowest BCUT2D eigenvalue weighted by Crippen LogP contribution is -2.62. The Morgan fingerprint density at radius 2 is 1.92 bits per heavy atom. The van der Waals surface area contributed by atoms with Crippen molar-refractivity contribution in [1.82, 2.24) is 14.7 Å². The number of methoxy groups -OCH3 is 1. The minimum absolute atomic E-state index is 0.00190. The van der Waals surface area contributed by atoms with Crippen molar-refractivity contribution >= 4 is 17.5 Å². The maximum atomic E-state index is 13.8. The minimum Gasteiger partial charge on any atom is -0.383 e. The first-order chi connectivity index (χ1) is 17.5. The number of likely N-dealkylation sites (tertiary alicyclic amines) is 1. The van der Waals surface area contributed by atoms with Crippen LogP contribution in [-0.4, -0.2) is 60.0 Å². The Morgan fingerprint density at radius 3 is 2.67 bits per heavy atom. The van der Waals surface area contributed by atoms with E-state index >= 15 is 0 Å². The van der Waals surface area contributed by atoms with Gasteiger partial charge in [0.15, 0.2) is 0 Å². The predicted octanol–water partition coefficient (Wildman–Crippen LogP) is 4.08. The van der Waals surface area contributed by atoms with Gasteiger partial charge in [0.25, 0.3) is 11.8 Å². The average Bonchev–Trinajstić information content (AvgIpc) is 3.35. The summed E-state index contributed by atoms with van der Waals surface area (Å²) in [5.41, 5.74) is 3.71. The van der Waals surface area contributed by atoms with E-state index in [1.54, 1.807) is 25.3 Å². The van der Waals surface area contributed by atoms with Gasteiger partial charge >= 0.3 is 0 Å². The van der Waals surface area contributed by atoms with Gasteiger partial charge in [0.1, 0.15) is 0 Å². The number of ether oxygens (including phenoxy) is 2. The molecule has 1 atom stereocenters. The summed E-state index contributed by atoms with van der Waals surface area (Å²) in [6.45, 7) is 5.26. The van der Waals surface area contributed by atoms with Crippen LogP contribution in [0.15, 0.2) is 60.9 Å². The van der Waals surface area contributed by atoms with Crippen LogP contribution < -0.4 is 5.32 Å². The standard InChI is InChI=1S/C28H32N4O4/c1-20-8-9-22(16-24(20)30-26(33)21-6-4-3-5-7-21)27(34)32-19-28(10-13-36-14-11-28)25(32)23-17-29-31(18-23)12-15-35-2/h3-9,16-18,25H,10-15,19H2,1-2H3,(H,30,33). The average molecular weight is 489 g/mol. The Kier molecular flexibility index (Phi) is 6.89. The molecule has 2 saturated heterocycles. The van der Waals surface area contributed by atoms with Crippen molar-refractivity contribution in [2.75, 3.05) is 38.8 Å². The van der Waals surface area contributed by atoms with Crippen LogP contribution in [0.3, 0.4) is 0 Å². The lowest BCUT2D eigenvalue weighted by Gasteiger charge is -2.59. The minimum atomic E-state index is -0.199. The van der Waals surface area contributed by atoms with Crippen LogP contribution in [-0.2, 0) is 16.0 Å². The molecule has 2 aliphatic heterocycles. The van der Waals surface area contributed by atoms with E-state index in [-0.39, 0.29) is 23.3 Å². The van der Waals surface area contributed by atoms with Gasteiger partial charge in [-0.2, -0.15) is 5.10 Å². The number of hydrogen-bond donors (Lipinski definition) is 1. The fourth-order valence-corrected chi connectivity index (χ4v) is 5.33. The van der Waals surface area contributed by atoms with Crippen LogP contribution in [0.4, 0.5) is 5.69 Å². The summed E-state index contributed by atoms with van der Waals surface area (Å²) in [5, 5.41) is 7.48. The first-order valence-electron chi connectivity index (χ1n) is 12.4. The third kappa shape index (κ3) is 4.66. The van der Waals surface area contributed by atoms with Gasteiger partial charge in [-0.15, -0.1) is 0 Å². The van der Waals surface area contributed by atoms with E-state index in [1.807, 2.05) is 59.2 Å². The largest absolute Gasteiger partial charge is 0.383 e. The molecule has 8 nitrogen and oxygen atoms in total. The van der Waals surface area contributed by atoms with Crippen LogP contribution in [0, 0.1) is 12.3 Å². The first-order valence-corrected chi connectivity index (χ1v) is 12.4. The van der Waals surface area contributed by atoms with Gasteiger partial charge in [-0.05, 0) is 49.6 Å². The fourth-order valence-electron chi connectivity index (χ4n) is 5.33. The van der Waals surface area contributed by atoms with E-state index in [2.05, 4.69) is 10.4 Å². The Labute approximate surface area is 211 Å². The zero-order valence-corrected chi connectivity index (χ0v) is 20.8. The smallest absolute Gasteiger partial charge is 0.255 e. The molecule has 2 aromatic carbocycles. The van der Waals surface area contributed by atoms with E-state index < -0.39 is 0 Å². The molecule has 0 radical (unpaired) electrons. The number of aryl methyl sites for hydroxylation is 1. The third-order valence-electron chi connectivity index (χ3n) is 7.39. The van der Waals surface area contributed by atoms with Crippen molar-refractivity contribution in [3.63, 3.8) is 0 Å². The summed E-state index contributed by atoms with van der Waals surface area (Å²) in [6, 6.07) is 14.5. The van der Waals surface area contributed by atoms with Crippen molar-refractivity contribution in [3.8, 4) is 0 Å². The molecule has 2 aliphatic rings. The highest BCUT2D eigenvalue weighted by Crippen LogP contribution is 2.55. The van der Waals surface area contributed by atoms with E-state index in [4.69, 9.17) is 9.47 Å². The third-order valence-corrected chi connectivity index (χ3v) is 7.39. The number of nitrogens with one attached hydrogen (secondary N) is 1. The molecule has 1 aromatic heterocycles. The normalized spacial score (nSPS) is 18.6. The zero-order valence-electron chi connectivity index (χ0n) is 20.8. The fraction of sp³-hybridized carbons (Fsp3) is 0.393. The van der Waals surface area contributed by atoms with Crippen LogP contribution >= 0.6 is 0 Å². The van der Waals surface area contributed by atoms with E-state index in [1.165, 1.54) is 0 Å². The molecule has 3 heterocycles. The molecule has 0 bridgehead atoms. The number of carbonyl (C=O) groups is 2. The molecule has 3 aromatic rings. The first kappa shape index (κ1) is 24.2. The number of benzene rings is 2.